The predicted molar refractivity (Wildman–Crippen MR) is 38.3 cm³/mol. The molecule has 0 bridgehead atoms. The molecule has 2 N–H and O–H groups in total. The Bertz CT molecular complexity index is 112. The maximum atomic E-state index is 10.8. The molecule has 0 saturated carbocycles. The van der Waals surface area contributed by atoms with E-state index in [4.69, 9.17) is 0 Å². The van der Waals surface area contributed by atoms with Crippen molar-refractivity contribution in [2.75, 3.05) is 19.3 Å². The summed E-state index contributed by atoms with van der Waals surface area (Å²) in [5.41, 5.74) is 0. The summed E-state index contributed by atoms with van der Waals surface area (Å²) >= 11 is 1.65. The van der Waals surface area contributed by atoms with Gasteiger partial charge in [-0.1, -0.05) is 0 Å². The summed E-state index contributed by atoms with van der Waals surface area (Å²) in [5, 5.41) is 5.64. The smallest absolute Gasteiger partial charge is 0.247 e. The first-order chi connectivity index (χ1) is 4.34. The van der Waals surface area contributed by atoms with Crippen LogP contribution in [0.5, 0.6) is 0 Å². The second-order valence-corrected chi connectivity index (χ2v) is 3.03. The number of amides is 1. The Hall–Kier alpha value is -0.220. The normalized spacial score (nSPS) is 26.1. The van der Waals surface area contributed by atoms with Crippen LogP contribution in [-0.2, 0) is 4.79 Å². The summed E-state index contributed by atoms with van der Waals surface area (Å²) < 4.78 is 0. The molecule has 0 spiro atoms. The monoisotopic (exact) mass is 146 g/mol. The lowest BCUT2D eigenvalue weighted by Crippen LogP contribution is -2.36. The van der Waals surface area contributed by atoms with Crippen LogP contribution in [0.15, 0.2) is 0 Å². The van der Waals surface area contributed by atoms with Crippen molar-refractivity contribution in [3.63, 3.8) is 0 Å². The van der Waals surface area contributed by atoms with Crippen molar-refractivity contribution in [1.82, 2.24) is 10.6 Å². The minimum atomic E-state index is -0.00463. The van der Waals surface area contributed by atoms with Crippen LogP contribution < -0.4 is 10.6 Å². The van der Waals surface area contributed by atoms with E-state index < -0.39 is 0 Å². The summed E-state index contributed by atoms with van der Waals surface area (Å²) in [6.45, 7) is 0.947. The molecule has 1 fully saturated rings. The minimum absolute atomic E-state index is 0.00463. The number of hydrogen-bond donors (Lipinski definition) is 2. The highest BCUT2D eigenvalue weighted by Gasteiger charge is 2.20. The number of thioether (sulfide) groups is 1. The summed E-state index contributed by atoms with van der Waals surface area (Å²) in [5.74, 6) is 1.12. The molecular weight excluding hydrogens is 136 g/mol. The molecule has 0 aromatic carbocycles. The van der Waals surface area contributed by atoms with Crippen LogP contribution in [0.4, 0.5) is 0 Å². The molecule has 1 unspecified atom stereocenters. The number of carbonyl (C=O) groups is 1. The van der Waals surface area contributed by atoms with Gasteiger partial charge in [0.25, 0.3) is 0 Å². The van der Waals surface area contributed by atoms with Gasteiger partial charge in [-0.05, 0) is 0 Å². The number of rotatable bonds is 1. The summed E-state index contributed by atoms with van der Waals surface area (Å²) in [6.07, 6.45) is 0. The van der Waals surface area contributed by atoms with Gasteiger partial charge in [0.1, 0.15) is 5.37 Å². The van der Waals surface area contributed by atoms with E-state index in [9.17, 15) is 4.79 Å². The van der Waals surface area contributed by atoms with E-state index in [0.717, 1.165) is 12.3 Å². The van der Waals surface area contributed by atoms with Gasteiger partial charge in [-0.2, -0.15) is 0 Å². The third-order valence-corrected chi connectivity index (χ3v) is 2.35. The van der Waals surface area contributed by atoms with E-state index in [1.165, 1.54) is 0 Å². The molecule has 0 radical (unpaired) electrons. The molecule has 9 heavy (non-hydrogen) atoms. The Morgan fingerprint density at radius 3 is 3.11 bits per heavy atom. The Kier molecular flexibility index (Phi) is 2.36. The van der Waals surface area contributed by atoms with Gasteiger partial charge in [0.05, 0.1) is 0 Å². The van der Waals surface area contributed by atoms with E-state index in [0.29, 0.717) is 0 Å². The topological polar surface area (TPSA) is 41.1 Å². The lowest BCUT2D eigenvalue weighted by molar-refractivity contribution is -0.120. The molecule has 1 aliphatic rings. The van der Waals surface area contributed by atoms with Crippen LogP contribution in [-0.4, -0.2) is 30.6 Å². The zero-order valence-electron chi connectivity index (χ0n) is 5.31. The number of carbonyl (C=O) groups excluding carboxylic acids is 1. The van der Waals surface area contributed by atoms with Gasteiger partial charge >= 0.3 is 0 Å². The third kappa shape index (κ3) is 1.59. The third-order valence-electron chi connectivity index (χ3n) is 1.20. The van der Waals surface area contributed by atoms with Crippen molar-refractivity contribution in [3.05, 3.63) is 0 Å². The van der Waals surface area contributed by atoms with Gasteiger partial charge in [-0.25, -0.2) is 0 Å². The Labute approximate surface area is 58.6 Å². The van der Waals surface area contributed by atoms with Gasteiger partial charge in [0.2, 0.25) is 5.91 Å². The molecule has 1 amide bonds. The van der Waals surface area contributed by atoms with Gasteiger partial charge in [-0.15, -0.1) is 11.8 Å². The van der Waals surface area contributed by atoms with Gasteiger partial charge < -0.3 is 5.32 Å². The molecule has 4 heteroatoms. The fourth-order valence-corrected chi connectivity index (χ4v) is 1.70. The van der Waals surface area contributed by atoms with Crippen molar-refractivity contribution in [2.24, 2.45) is 0 Å². The standard InChI is InChI=1S/C5H10N2OS/c1-6-4(8)5-7-2-3-9-5/h5,7H,2-3H2,1H3,(H,6,8). The fraction of sp³-hybridized carbons (Fsp3) is 0.800. The van der Waals surface area contributed by atoms with Gasteiger partial charge in [-0.3, -0.25) is 10.1 Å². The molecule has 1 atom stereocenters. The maximum Gasteiger partial charge on any atom is 0.247 e. The second kappa shape index (κ2) is 3.08. The maximum absolute atomic E-state index is 10.8. The van der Waals surface area contributed by atoms with Crippen LogP contribution in [0.1, 0.15) is 0 Å². The Balaban J connectivity index is 2.32. The fourth-order valence-electron chi connectivity index (χ4n) is 0.725. The van der Waals surface area contributed by atoms with E-state index in [1.54, 1.807) is 18.8 Å². The summed E-state index contributed by atoms with van der Waals surface area (Å²) in [4.78, 5) is 10.8. The zero-order chi connectivity index (χ0) is 6.69. The van der Waals surface area contributed by atoms with E-state index in [-0.39, 0.29) is 11.3 Å². The van der Waals surface area contributed by atoms with Crippen molar-refractivity contribution < 1.29 is 4.79 Å². The molecule has 0 aromatic rings. The number of hydrogen-bond acceptors (Lipinski definition) is 3. The molecule has 1 saturated heterocycles. The van der Waals surface area contributed by atoms with Crippen LogP contribution in [0.2, 0.25) is 0 Å². The Morgan fingerprint density at radius 2 is 2.67 bits per heavy atom. The molecule has 52 valence electrons. The number of nitrogens with one attached hydrogen (secondary N) is 2. The van der Waals surface area contributed by atoms with E-state index >= 15 is 0 Å². The molecule has 0 aromatic heterocycles. The molecule has 3 nitrogen and oxygen atoms in total. The first-order valence-electron chi connectivity index (χ1n) is 2.91. The van der Waals surface area contributed by atoms with Crippen molar-refractivity contribution in [2.45, 2.75) is 5.37 Å². The van der Waals surface area contributed by atoms with Crippen LogP contribution in [0.25, 0.3) is 0 Å². The average molecular weight is 146 g/mol. The number of likely N-dealkylation sites (N-methyl/N-ethyl adjacent to an activating group) is 1. The summed E-state index contributed by atoms with van der Waals surface area (Å²) in [7, 11) is 1.66. The van der Waals surface area contributed by atoms with Crippen LogP contribution >= 0.6 is 11.8 Å². The SMILES string of the molecule is CNC(=O)C1NCCS1. The Morgan fingerprint density at radius 1 is 1.89 bits per heavy atom. The molecular formula is C5H10N2OS. The average Bonchev–Trinajstić information content (AvgIpc) is 2.37. The highest BCUT2D eigenvalue weighted by atomic mass is 32.2. The summed E-state index contributed by atoms with van der Waals surface area (Å²) in [6, 6.07) is 0. The molecule has 1 rings (SSSR count). The molecule has 1 aliphatic heterocycles. The van der Waals surface area contributed by atoms with Gasteiger partial charge in [0.15, 0.2) is 0 Å². The van der Waals surface area contributed by atoms with Crippen molar-refractivity contribution in [1.29, 1.82) is 0 Å². The zero-order valence-corrected chi connectivity index (χ0v) is 6.12. The molecule has 0 aliphatic carbocycles. The first-order valence-corrected chi connectivity index (χ1v) is 3.96. The van der Waals surface area contributed by atoms with Crippen LogP contribution in [0, 0.1) is 0 Å². The van der Waals surface area contributed by atoms with Crippen molar-refractivity contribution in [3.8, 4) is 0 Å². The van der Waals surface area contributed by atoms with Gasteiger partial charge in [0, 0.05) is 19.3 Å². The van der Waals surface area contributed by atoms with E-state index in [1.807, 2.05) is 0 Å². The quantitative estimate of drug-likeness (QED) is 0.519. The lowest BCUT2D eigenvalue weighted by Gasteiger charge is -2.05. The van der Waals surface area contributed by atoms with Crippen molar-refractivity contribution >= 4 is 17.7 Å². The lowest BCUT2D eigenvalue weighted by atomic mass is 10.5. The highest BCUT2D eigenvalue weighted by Crippen LogP contribution is 2.12. The highest BCUT2D eigenvalue weighted by molar-refractivity contribution is 8.00. The largest absolute Gasteiger partial charge is 0.357 e. The predicted octanol–water partition coefficient (Wildman–Crippen LogP) is -0.605. The second-order valence-electron chi connectivity index (χ2n) is 1.82. The van der Waals surface area contributed by atoms with Crippen LogP contribution in [0.3, 0.4) is 0 Å². The van der Waals surface area contributed by atoms with E-state index in [2.05, 4.69) is 10.6 Å². The first kappa shape index (κ1) is 6.89. The minimum Gasteiger partial charge on any atom is -0.357 e. The molecule has 1 heterocycles.